The molecule has 1 heterocycles. The van der Waals surface area contributed by atoms with Crippen LogP contribution in [0.25, 0.3) is 0 Å². The zero-order valence-electron chi connectivity index (χ0n) is 9.99. The Morgan fingerprint density at radius 1 is 1.69 bits per heavy atom. The maximum Gasteiger partial charge on any atom is 0.338 e. The van der Waals surface area contributed by atoms with Crippen LogP contribution in [-0.2, 0) is 14.3 Å². The second-order valence-corrected chi connectivity index (χ2v) is 4.46. The van der Waals surface area contributed by atoms with Crippen LogP contribution in [-0.4, -0.2) is 50.1 Å². The highest BCUT2D eigenvalue weighted by atomic mass is 16.5. The molecule has 0 aromatic heterocycles. The number of esters is 1. The van der Waals surface area contributed by atoms with Crippen molar-refractivity contribution in [1.29, 1.82) is 0 Å². The molecule has 2 N–H and O–H groups in total. The zero-order chi connectivity index (χ0) is 12.0. The normalized spacial score (nSPS) is 24.1. The van der Waals surface area contributed by atoms with Crippen LogP contribution in [0, 0.1) is 5.92 Å². The molecule has 0 saturated carbocycles. The van der Waals surface area contributed by atoms with E-state index in [1.807, 2.05) is 0 Å². The van der Waals surface area contributed by atoms with Crippen molar-refractivity contribution in [2.24, 2.45) is 5.92 Å². The Balaban J connectivity index is 2.11. The molecule has 1 saturated heterocycles. The molecule has 16 heavy (non-hydrogen) atoms. The lowest BCUT2D eigenvalue weighted by molar-refractivity contribution is -0.159. The number of carbonyl (C=O) groups is 1. The molecular formula is C11H21NO4. The Bertz CT molecular complexity index is 224. The van der Waals surface area contributed by atoms with Crippen molar-refractivity contribution in [2.75, 3.05) is 33.4 Å². The van der Waals surface area contributed by atoms with Crippen molar-refractivity contribution in [2.45, 2.75) is 25.4 Å². The molecule has 0 radical (unpaired) electrons. The van der Waals surface area contributed by atoms with Gasteiger partial charge in [0.25, 0.3) is 0 Å². The van der Waals surface area contributed by atoms with Crippen LogP contribution in [0.1, 0.15) is 19.8 Å². The summed E-state index contributed by atoms with van der Waals surface area (Å²) in [6.45, 7) is 4.12. The predicted octanol–water partition coefficient (Wildman–Crippen LogP) is -0.0734. The summed E-state index contributed by atoms with van der Waals surface area (Å²) in [7, 11) is 1.27. The average Bonchev–Trinajstić information content (AvgIpc) is 2.76. The first-order chi connectivity index (χ1) is 7.56. The fourth-order valence-corrected chi connectivity index (χ4v) is 1.74. The largest absolute Gasteiger partial charge is 0.467 e. The minimum atomic E-state index is -1.44. The van der Waals surface area contributed by atoms with Gasteiger partial charge in [0.05, 0.1) is 7.11 Å². The van der Waals surface area contributed by atoms with Crippen molar-refractivity contribution in [3.8, 4) is 0 Å². The maximum atomic E-state index is 11.2. The van der Waals surface area contributed by atoms with E-state index in [0.717, 1.165) is 32.6 Å². The number of hydrogen-bond donors (Lipinski definition) is 2. The molecule has 0 bridgehead atoms. The number of carbonyl (C=O) groups excluding carboxylic acids is 1. The molecule has 0 aliphatic carbocycles. The monoisotopic (exact) mass is 231 g/mol. The van der Waals surface area contributed by atoms with Gasteiger partial charge in [-0.3, -0.25) is 0 Å². The van der Waals surface area contributed by atoms with Crippen LogP contribution in [0.2, 0.25) is 0 Å². The third-order valence-electron chi connectivity index (χ3n) is 2.85. The van der Waals surface area contributed by atoms with E-state index >= 15 is 0 Å². The first-order valence-corrected chi connectivity index (χ1v) is 5.65. The number of hydrogen-bond acceptors (Lipinski definition) is 5. The first kappa shape index (κ1) is 13.4. The lowest BCUT2D eigenvalue weighted by Gasteiger charge is -2.20. The minimum absolute atomic E-state index is 0.216. The number of methoxy groups -OCH3 is 1. The Labute approximate surface area is 96.1 Å². The van der Waals surface area contributed by atoms with Gasteiger partial charge < -0.3 is 19.9 Å². The van der Waals surface area contributed by atoms with Gasteiger partial charge in [-0.05, 0) is 32.2 Å². The summed E-state index contributed by atoms with van der Waals surface area (Å²) in [5, 5.41) is 12.8. The van der Waals surface area contributed by atoms with E-state index in [4.69, 9.17) is 4.74 Å². The van der Waals surface area contributed by atoms with E-state index < -0.39 is 11.6 Å². The van der Waals surface area contributed by atoms with Crippen LogP contribution >= 0.6 is 0 Å². The Kier molecular flexibility index (Phi) is 5.18. The molecule has 1 aliphatic heterocycles. The highest BCUT2D eigenvalue weighted by Gasteiger charge is 2.30. The van der Waals surface area contributed by atoms with Crippen molar-refractivity contribution in [3.05, 3.63) is 0 Å². The van der Waals surface area contributed by atoms with E-state index in [1.165, 1.54) is 14.0 Å². The van der Waals surface area contributed by atoms with Crippen LogP contribution in [0.3, 0.4) is 0 Å². The van der Waals surface area contributed by atoms with Gasteiger partial charge in [0, 0.05) is 19.8 Å². The fourth-order valence-electron chi connectivity index (χ4n) is 1.74. The van der Waals surface area contributed by atoms with Crippen molar-refractivity contribution in [3.63, 3.8) is 0 Å². The molecule has 2 unspecified atom stereocenters. The van der Waals surface area contributed by atoms with Gasteiger partial charge in [-0.15, -0.1) is 0 Å². The maximum absolute atomic E-state index is 11.2. The minimum Gasteiger partial charge on any atom is -0.467 e. The summed E-state index contributed by atoms with van der Waals surface area (Å²) in [5.41, 5.74) is -1.44. The summed E-state index contributed by atoms with van der Waals surface area (Å²) in [6, 6.07) is 0. The zero-order valence-corrected chi connectivity index (χ0v) is 9.99. The van der Waals surface area contributed by atoms with Crippen molar-refractivity contribution >= 4 is 5.97 Å². The smallest absolute Gasteiger partial charge is 0.338 e. The number of aliphatic hydroxyl groups is 1. The predicted molar refractivity (Wildman–Crippen MR) is 59.1 cm³/mol. The van der Waals surface area contributed by atoms with E-state index in [2.05, 4.69) is 10.1 Å². The van der Waals surface area contributed by atoms with Crippen LogP contribution < -0.4 is 5.32 Å². The lowest BCUT2D eigenvalue weighted by Crippen LogP contribution is -2.46. The third-order valence-corrected chi connectivity index (χ3v) is 2.85. The van der Waals surface area contributed by atoms with Gasteiger partial charge in [0.15, 0.2) is 5.60 Å². The van der Waals surface area contributed by atoms with Crippen LogP contribution in [0.5, 0.6) is 0 Å². The van der Waals surface area contributed by atoms with Crippen LogP contribution in [0.15, 0.2) is 0 Å². The third kappa shape index (κ3) is 4.08. The highest BCUT2D eigenvalue weighted by Crippen LogP contribution is 2.15. The average molecular weight is 231 g/mol. The Morgan fingerprint density at radius 2 is 2.44 bits per heavy atom. The van der Waals surface area contributed by atoms with Gasteiger partial charge in [-0.25, -0.2) is 4.79 Å². The van der Waals surface area contributed by atoms with Gasteiger partial charge in [0.2, 0.25) is 0 Å². The van der Waals surface area contributed by atoms with Gasteiger partial charge in [-0.2, -0.15) is 0 Å². The van der Waals surface area contributed by atoms with Crippen molar-refractivity contribution in [1.82, 2.24) is 5.32 Å². The summed E-state index contributed by atoms with van der Waals surface area (Å²) in [6.07, 6.45) is 2.12. The molecule has 0 aromatic carbocycles. The van der Waals surface area contributed by atoms with E-state index in [9.17, 15) is 9.90 Å². The fraction of sp³-hybridized carbons (Fsp3) is 0.909. The molecule has 2 atom stereocenters. The van der Waals surface area contributed by atoms with Gasteiger partial charge in [0.1, 0.15) is 0 Å². The summed E-state index contributed by atoms with van der Waals surface area (Å²) >= 11 is 0. The quantitative estimate of drug-likeness (QED) is 0.494. The lowest BCUT2D eigenvalue weighted by atomic mass is 10.0. The summed E-state index contributed by atoms with van der Waals surface area (Å²) in [4.78, 5) is 11.2. The molecule has 5 heteroatoms. The Morgan fingerprint density at radius 3 is 3.00 bits per heavy atom. The molecule has 0 spiro atoms. The summed E-state index contributed by atoms with van der Waals surface area (Å²) in [5.74, 6) is -0.000208. The molecule has 0 aromatic rings. The molecule has 1 aliphatic rings. The van der Waals surface area contributed by atoms with Gasteiger partial charge >= 0.3 is 5.97 Å². The molecule has 94 valence electrons. The standard InChI is InChI=1S/C11H21NO4/c1-11(14,10(13)15-2)8-12-5-3-9-4-6-16-7-9/h9,12,14H,3-8H2,1-2H3. The number of rotatable bonds is 6. The number of nitrogens with one attached hydrogen (secondary N) is 1. The molecule has 0 amide bonds. The second kappa shape index (κ2) is 6.18. The number of ether oxygens (including phenoxy) is 2. The topological polar surface area (TPSA) is 67.8 Å². The Hall–Kier alpha value is -0.650. The van der Waals surface area contributed by atoms with Crippen LogP contribution in [0.4, 0.5) is 0 Å². The highest BCUT2D eigenvalue weighted by molar-refractivity contribution is 5.78. The second-order valence-electron chi connectivity index (χ2n) is 4.46. The molecule has 1 fully saturated rings. The van der Waals surface area contributed by atoms with Gasteiger partial charge in [-0.1, -0.05) is 0 Å². The summed E-state index contributed by atoms with van der Waals surface area (Å²) < 4.78 is 9.76. The van der Waals surface area contributed by atoms with E-state index in [-0.39, 0.29) is 6.54 Å². The molecule has 1 rings (SSSR count). The molecule has 5 nitrogen and oxygen atoms in total. The molecular weight excluding hydrogens is 210 g/mol. The van der Waals surface area contributed by atoms with E-state index in [1.54, 1.807) is 0 Å². The first-order valence-electron chi connectivity index (χ1n) is 5.65. The van der Waals surface area contributed by atoms with Crippen molar-refractivity contribution < 1.29 is 19.4 Å². The SMILES string of the molecule is COC(=O)C(C)(O)CNCCC1CCOC1. The van der Waals surface area contributed by atoms with E-state index in [0.29, 0.717) is 5.92 Å².